The van der Waals surface area contributed by atoms with Crippen molar-refractivity contribution in [1.29, 1.82) is 0 Å². The maximum absolute atomic E-state index is 12.2. The number of hydrogen-bond acceptors (Lipinski definition) is 3. The molecular weight excluding hydrogens is 378 g/mol. The number of rotatable bonds is 8. The minimum absolute atomic E-state index is 0.0295. The van der Waals surface area contributed by atoms with Crippen molar-refractivity contribution in [1.82, 2.24) is 15.1 Å². The summed E-state index contributed by atoms with van der Waals surface area (Å²) in [5.74, 6) is 0.826. The monoisotopic (exact) mass is 399 g/mol. The molecule has 4 nitrogen and oxygen atoms in total. The molecule has 1 N–H and O–H groups in total. The molecule has 0 atom stereocenters. The highest BCUT2D eigenvalue weighted by molar-refractivity contribution is 7.98. The first-order valence-electron chi connectivity index (χ1n) is 8.83. The van der Waals surface area contributed by atoms with Gasteiger partial charge in [-0.05, 0) is 60.4 Å². The van der Waals surface area contributed by atoms with Crippen molar-refractivity contribution in [3.63, 3.8) is 0 Å². The lowest BCUT2D eigenvalue weighted by molar-refractivity contribution is 0.0953. The molecular formula is C21H22ClN3OS. The van der Waals surface area contributed by atoms with E-state index in [4.69, 9.17) is 11.6 Å². The Hall–Kier alpha value is -2.24. The molecule has 0 spiro atoms. The van der Waals surface area contributed by atoms with Crippen molar-refractivity contribution in [3.05, 3.63) is 82.6 Å². The summed E-state index contributed by atoms with van der Waals surface area (Å²) in [4.78, 5) is 13.4. The topological polar surface area (TPSA) is 46.9 Å². The first-order valence-corrected chi connectivity index (χ1v) is 10.2. The van der Waals surface area contributed by atoms with Gasteiger partial charge in [-0.3, -0.25) is 9.48 Å². The summed E-state index contributed by atoms with van der Waals surface area (Å²) in [6, 6.07) is 15.6. The van der Waals surface area contributed by atoms with Gasteiger partial charge in [0.2, 0.25) is 0 Å². The third-order valence-electron chi connectivity index (χ3n) is 4.12. The summed E-state index contributed by atoms with van der Waals surface area (Å²) in [7, 11) is 1.91. The van der Waals surface area contributed by atoms with Gasteiger partial charge >= 0.3 is 0 Å². The molecule has 140 valence electrons. The summed E-state index contributed by atoms with van der Waals surface area (Å²) >= 11 is 7.65. The second-order valence-corrected chi connectivity index (χ2v) is 7.81. The van der Waals surface area contributed by atoms with Gasteiger partial charge in [0.25, 0.3) is 5.91 Å². The van der Waals surface area contributed by atoms with Crippen LogP contribution in [-0.2, 0) is 19.2 Å². The molecule has 0 unspecified atom stereocenters. The summed E-state index contributed by atoms with van der Waals surface area (Å²) in [6.45, 7) is 0.655. The fourth-order valence-corrected chi connectivity index (χ4v) is 3.63. The SMILES string of the molecule is Cn1cc(CCCNC(=O)c2ccc(CSc3ccc(Cl)cc3)cc2)cn1. The molecule has 3 aromatic rings. The third-order valence-corrected chi connectivity index (χ3v) is 5.46. The van der Waals surface area contributed by atoms with Gasteiger partial charge < -0.3 is 5.32 Å². The molecule has 0 bridgehead atoms. The maximum atomic E-state index is 12.2. The molecule has 1 heterocycles. The van der Waals surface area contributed by atoms with Crippen LogP contribution in [0.1, 0.15) is 27.9 Å². The smallest absolute Gasteiger partial charge is 0.251 e. The van der Waals surface area contributed by atoms with Crippen molar-refractivity contribution >= 4 is 29.3 Å². The normalized spacial score (nSPS) is 10.7. The van der Waals surface area contributed by atoms with Crippen LogP contribution in [0.3, 0.4) is 0 Å². The fourth-order valence-electron chi connectivity index (χ4n) is 2.65. The predicted octanol–water partition coefficient (Wildman–Crippen LogP) is 4.73. The molecule has 27 heavy (non-hydrogen) atoms. The zero-order valence-electron chi connectivity index (χ0n) is 15.2. The molecule has 0 aliphatic heterocycles. The van der Waals surface area contributed by atoms with Gasteiger partial charge in [0.05, 0.1) is 6.20 Å². The fraction of sp³-hybridized carbons (Fsp3) is 0.238. The Kier molecular flexibility index (Phi) is 6.96. The van der Waals surface area contributed by atoms with Gasteiger partial charge in [-0.1, -0.05) is 23.7 Å². The molecule has 1 amide bonds. The number of amides is 1. The third kappa shape index (κ3) is 6.15. The van der Waals surface area contributed by atoms with Gasteiger partial charge in [0.15, 0.2) is 0 Å². The number of benzene rings is 2. The number of nitrogens with one attached hydrogen (secondary N) is 1. The van der Waals surface area contributed by atoms with E-state index in [1.165, 1.54) is 16.0 Å². The van der Waals surface area contributed by atoms with Crippen molar-refractivity contribution in [2.24, 2.45) is 7.05 Å². The van der Waals surface area contributed by atoms with E-state index in [2.05, 4.69) is 10.4 Å². The van der Waals surface area contributed by atoms with Gasteiger partial charge in [0, 0.05) is 41.0 Å². The zero-order chi connectivity index (χ0) is 19.1. The van der Waals surface area contributed by atoms with Crippen LogP contribution in [0.2, 0.25) is 5.02 Å². The highest BCUT2D eigenvalue weighted by Gasteiger charge is 2.05. The number of carbonyl (C=O) groups excluding carboxylic acids is 1. The number of halogens is 1. The lowest BCUT2D eigenvalue weighted by Crippen LogP contribution is -2.24. The number of nitrogens with zero attached hydrogens (tertiary/aromatic N) is 2. The summed E-state index contributed by atoms with van der Waals surface area (Å²) in [5, 5.41) is 7.87. The Morgan fingerprint density at radius 2 is 1.85 bits per heavy atom. The Balaban J connectivity index is 1.42. The molecule has 2 aromatic carbocycles. The van der Waals surface area contributed by atoms with E-state index in [0.717, 1.165) is 23.6 Å². The van der Waals surface area contributed by atoms with Crippen LogP contribution in [0.25, 0.3) is 0 Å². The van der Waals surface area contributed by atoms with E-state index in [9.17, 15) is 4.79 Å². The van der Waals surface area contributed by atoms with Crippen molar-refractivity contribution in [2.45, 2.75) is 23.5 Å². The highest BCUT2D eigenvalue weighted by atomic mass is 35.5. The molecule has 3 rings (SSSR count). The summed E-state index contributed by atoms with van der Waals surface area (Å²) in [6.07, 6.45) is 5.67. The zero-order valence-corrected chi connectivity index (χ0v) is 16.8. The van der Waals surface area contributed by atoms with E-state index >= 15 is 0 Å². The van der Waals surface area contributed by atoms with Crippen LogP contribution in [0.15, 0.2) is 65.8 Å². The van der Waals surface area contributed by atoms with Gasteiger partial charge in [-0.25, -0.2) is 0 Å². The second-order valence-electron chi connectivity index (χ2n) is 6.32. The Morgan fingerprint density at radius 3 is 2.52 bits per heavy atom. The predicted molar refractivity (Wildman–Crippen MR) is 111 cm³/mol. The molecule has 0 aliphatic rings. The Labute approximate surface area is 168 Å². The summed E-state index contributed by atoms with van der Waals surface area (Å²) in [5.41, 5.74) is 3.06. The number of carbonyl (C=O) groups is 1. The molecule has 0 aliphatic carbocycles. The number of thioether (sulfide) groups is 1. The Morgan fingerprint density at radius 1 is 1.11 bits per heavy atom. The van der Waals surface area contributed by atoms with Crippen molar-refractivity contribution in [2.75, 3.05) is 6.54 Å². The van der Waals surface area contributed by atoms with Crippen LogP contribution in [0.4, 0.5) is 0 Å². The summed E-state index contributed by atoms with van der Waals surface area (Å²) < 4.78 is 1.79. The van der Waals surface area contributed by atoms with Crippen molar-refractivity contribution in [3.8, 4) is 0 Å². The first kappa shape index (κ1) is 19.5. The van der Waals surface area contributed by atoms with E-state index < -0.39 is 0 Å². The van der Waals surface area contributed by atoms with Crippen LogP contribution in [0.5, 0.6) is 0 Å². The first-order chi connectivity index (χ1) is 13.1. The number of aryl methyl sites for hydroxylation is 2. The highest BCUT2D eigenvalue weighted by Crippen LogP contribution is 2.24. The van der Waals surface area contributed by atoms with Crippen LogP contribution in [-0.4, -0.2) is 22.2 Å². The lowest BCUT2D eigenvalue weighted by Gasteiger charge is -2.06. The molecule has 0 radical (unpaired) electrons. The van der Waals surface area contributed by atoms with Gasteiger partial charge in [-0.2, -0.15) is 5.10 Å². The van der Waals surface area contributed by atoms with E-state index in [0.29, 0.717) is 12.1 Å². The number of hydrogen-bond donors (Lipinski definition) is 1. The van der Waals surface area contributed by atoms with Crippen LogP contribution >= 0.6 is 23.4 Å². The molecule has 1 aromatic heterocycles. The minimum Gasteiger partial charge on any atom is -0.352 e. The maximum Gasteiger partial charge on any atom is 0.251 e. The van der Waals surface area contributed by atoms with Crippen LogP contribution in [0, 0.1) is 0 Å². The number of aromatic nitrogens is 2. The average molecular weight is 400 g/mol. The van der Waals surface area contributed by atoms with E-state index in [-0.39, 0.29) is 5.91 Å². The van der Waals surface area contributed by atoms with E-state index in [1.807, 2.05) is 68.0 Å². The lowest BCUT2D eigenvalue weighted by atomic mass is 10.1. The average Bonchev–Trinajstić information content (AvgIpc) is 3.10. The van der Waals surface area contributed by atoms with E-state index in [1.54, 1.807) is 16.4 Å². The molecule has 0 fully saturated rings. The minimum atomic E-state index is -0.0295. The molecule has 6 heteroatoms. The van der Waals surface area contributed by atoms with Crippen LogP contribution < -0.4 is 5.32 Å². The standard InChI is InChI=1S/C21H22ClN3OS/c1-25-14-17(13-24-25)3-2-12-23-21(26)18-6-4-16(5-7-18)15-27-20-10-8-19(22)9-11-20/h4-11,13-14H,2-3,12,15H2,1H3,(H,23,26). The Bertz CT molecular complexity index is 875. The molecule has 0 saturated heterocycles. The van der Waals surface area contributed by atoms with Gasteiger partial charge in [-0.15, -0.1) is 11.8 Å². The second kappa shape index (κ2) is 9.62. The molecule has 0 saturated carbocycles. The largest absolute Gasteiger partial charge is 0.352 e. The van der Waals surface area contributed by atoms with Gasteiger partial charge in [0.1, 0.15) is 0 Å². The van der Waals surface area contributed by atoms with Crippen molar-refractivity contribution < 1.29 is 4.79 Å². The quantitative estimate of drug-likeness (QED) is 0.440.